The van der Waals surface area contributed by atoms with Gasteiger partial charge in [-0.1, -0.05) is 0 Å². The molecule has 208 valence electrons. The topological polar surface area (TPSA) is 150 Å². The number of nitriles is 1. The number of amides is 2. The van der Waals surface area contributed by atoms with Gasteiger partial charge in [-0.05, 0) is 43.7 Å². The second-order valence-corrected chi connectivity index (χ2v) is 10.1. The maximum atomic E-state index is 13.4. The molecule has 0 spiro atoms. The van der Waals surface area contributed by atoms with Gasteiger partial charge in [0.1, 0.15) is 41.1 Å². The predicted octanol–water partition coefficient (Wildman–Crippen LogP) is 2.67. The number of aldehydes is 1. The molecule has 2 aromatic heterocycles. The van der Waals surface area contributed by atoms with E-state index in [-0.39, 0.29) is 29.8 Å². The Hall–Kier alpha value is -4.30. The van der Waals surface area contributed by atoms with Gasteiger partial charge in [-0.3, -0.25) is 15.0 Å². The van der Waals surface area contributed by atoms with Gasteiger partial charge in [0.15, 0.2) is 6.29 Å². The molecule has 0 unspecified atom stereocenters. The summed E-state index contributed by atoms with van der Waals surface area (Å²) in [6.45, 7) is 1.34. The Labute approximate surface area is 232 Å². The van der Waals surface area contributed by atoms with Gasteiger partial charge in [-0.25, -0.2) is 19.6 Å². The normalized spacial score (nSPS) is 21.6. The molecule has 2 N–H and O–H groups in total. The molecule has 0 bridgehead atoms. The molecular formula is C28H31N7O5. The van der Waals surface area contributed by atoms with Gasteiger partial charge in [0.25, 0.3) is 0 Å². The Kier molecular flexibility index (Phi) is 8.07. The molecular weight excluding hydrogens is 514 g/mol. The van der Waals surface area contributed by atoms with E-state index in [1.165, 1.54) is 11.1 Å². The Morgan fingerprint density at radius 2 is 2.08 bits per heavy atom. The number of nitrogens with one attached hydrogen (secondary N) is 2. The van der Waals surface area contributed by atoms with E-state index in [0.29, 0.717) is 73.5 Å². The van der Waals surface area contributed by atoms with Crippen LogP contribution in [0.1, 0.15) is 52.9 Å². The average molecular weight is 546 g/mol. The van der Waals surface area contributed by atoms with Gasteiger partial charge < -0.3 is 19.7 Å². The second kappa shape index (κ2) is 11.8. The van der Waals surface area contributed by atoms with Crippen LogP contribution in [-0.2, 0) is 27.2 Å². The smallest absolute Gasteiger partial charge is 0.328 e. The fraction of sp³-hybridized carbons (Fsp3) is 0.464. The van der Waals surface area contributed by atoms with E-state index in [1.807, 2.05) is 16.9 Å². The highest BCUT2D eigenvalue weighted by atomic mass is 16.5. The zero-order chi connectivity index (χ0) is 28.2. The fourth-order valence-electron chi connectivity index (χ4n) is 5.47. The molecule has 12 nitrogen and oxygen atoms in total. The van der Waals surface area contributed by atoms with Crippen LogP contribution in [0, 0.1) is 11.3 Å². The summed E-state index contributed by atoms with van der Waals surface area (Å²) in [6.07, 6.45) is 5.78. The van der Waals surface area contributed by atoms with Crippen LogP contribution in [-0.4, -0.2) is 78.7 Å². The number of pyridine rings is 2. The number of nitrogens with zero attached hydrogens (tertiary/aromatic N) is 5. The summed E-state index contributed by atoms with van der Waals surface area (Å²) in [5.41, 5.74) is 3.10. The number of hydrogen-bond donors (Lipinski definition) is 2. The van der Waals surface area contributed by atoms with Gasteiger partial charge in [0, 0.05) is 51.7 Å². The van der Waals surface area contributed by atoms with Crippen LogP contribution in [0.25, 0.3) is 0 Å². The lowest BCUT2D eigenvalue weighted by Gasteiger charge is -2.36. The van der Waals surface area contributed by atoms with Gasteiger partial charge in [-0.15, -0.1) is 0 Å². The first-order valence-corrected chi connectivity index (χ1v) is 13.3. The van der Waals surface area contributed by atoms with Crippen molar-refractivity contribution in [2.75, 3.05) is 42.8 Å². The molecule has 2 amide bonds. The number of aryl methyl sites for hydroxylation is 1. The number of anilines is 3. The summed E-state index contributed by atoms with van der Waals surface area (Å²) in [4.78, 5) is 49.1. The maximum absolute atomic E-state index is 13.4. The fourth-order valence-corrected chi connectivity index (χ4v) is 5.47. The lowest BCUT2D eigenvalue weighted by Crippen LogP contribution is -2.44. The minimum atomic E-state index is -0.437. The molecule has 1 saturated heterocycles. The van der Waals surface area contributed by atoms with Crippen molar-refractivity contribution >= 4 is 35.6 Å². The molecule has 2 aromatic rings. The maximum Gasteiger partial charge on any atom is 0.328 e. The predicted molar refractivity (Wildman–Crippen MR) is 146 cm³/mol. The minimum absolute atomic E-state index is 0.0681. The first-order chi connectivity index (χ1) is 19.5. The van der Waals surface area contributed by atoms with Crippen molar-refractivity contribution in [1.29, 1.82) is 5.26 Å². The zero-order valence-electron chi connectivity index (χ0n) is 22.5. The van der Waals surface area contributed by atoms with E-state index in [4.69, 9.17) is 9.47 Å². The van der Waals surface area contributed by atoms with Crippen molar-refractivity contribution in [2.24, 2.45) is 0 Å². The third-order valence-corrected chi connectivity index (χ3v) is 7.80. The Bertz CT molecular complexity index is 1400. The lowest BCUT2D eigenvalue weighted by atomic mass is 9.88. The molecule has 1 aliphatic carbocycles. The van der Waals surface area contributed by atoms with Crippen LogP contribution < -0.4 is 15.5 Å². The third-order valence-electron chi connectivity index (χ3n) is 7.80. The highest BCUT2D eigenvalue weighted by Gasteiger charge is 2.33. The number of aromatic nitrogens is 2. The Morgan fingerprint density at radius 3 is 2.75 bits per heavy atom. The van der Waals surface area contributed by atoms with E-state index >= 15 is 0 Å². The summed E-state index contributed by atoms with van der Waals surface area (Å²) in [5, 5.41) is 15.7. The number of likely N-dealkylation sites (tertiary alicyclic amines) is 1. The van der Waals surface area contributed by atoms with E-state index in [0.717, 1.165) is 18.4 Å². The summed E-state index contributed by atoms with van der Waals surface area (Å²) in [6, 6.07) is 5.30. The SMILES string of the molecule is CO[C@@H]1CCN(Cc2cc3c(nc2C=O)N(C(=O)Nc2cc(N[C@H]4CC[C@H]4OC)c(C#N)cn2)CCC3)C1=C=O. The zero-order valence-corrected chi connectivity index (χ0v) is 22.5. The number of carbonyl (C=O) groups is 2. The quantitative estimate of drug-likeness (QED) is 0.374. The first-order valence-electron chi connectivity index (χ1n) is 13.3. The van der Waals surface area contributed by atoms with Crippen molar-refractivity contribution in [1.82, 2.24) is 14.9 Å². The molecule has 2 aliphatic heterocycles. The van der Waals surface area contributed by atoms with E-state index < -0.39 is 6.03 Å². The highest BCUT2D eigenvalue weighted by molar-refractivity contribution is 6.01. The van der Waals surface area contributed by atoms with Gasteiger partial charge >= 0.3 is 6.03 Å². The van der Waals surface area contributed by atoms with Crippen LogP contribution in [0.2, 0.25) is 0 Å². The van der Waals surface area contributed by atoms with Crippen LogP contribution in [0.15, 0.2) is 24.0 Å². The van der Waals surface area contributed by atoms with Crippen molar-refractivity contribution in [3.63, 3.8) is 0 Å². The van der Waals surface area contributed by atoms with Crippen LogP contribution in [0.4, 0.5) is 22.1 Å². The van der Waals surface area contributed by atoms with Crippen molar-refractivity contribution in [3.8, 4) is 6.07 Å². The molecule has 4 heterocycles. The summed E-state index contributed by atoms with van der Waals surface area (Å²) >= 11 is 0. The number of rotatable bonds is 8. The molecule has 1 saturated carbocycles. The molecule has 5 rings (SSSR count). The number of urea groups is 1. The van der Waals surface area contributed by atoms with Crippen LogP contribution in [0.3, 0.4) is 0 Å². The number of ether oxygens (including phenoxy) is 2. The second-order valence-electron chi connectivity index (χ2n) is 10.1. The summed E-state index contributed by atoms with van der Waals surface area (Å²) in [7, 11) is 3.21. The molecule has 40 heavy (non-hydrogen) atoms. The minimum Gasteiger partial charge on any atom is -0.379 e. The molecule has 0 aromatic carbocycles. The molecule has 2 fully saturated rings. The Morgan fingerprint density at radius 1 is 1.23 bits per heavy atom. The number of methoxy groups -OCH3 is 2. The summed E-state index contributed by atoms with van der Waals surface area (Å²) < 4.78 is 10.8. The monoisotopic (exact) mass is 545 g/mol. The standard InChI is InChI=1S/C28H31N7O5/c1-39-24-6-5-20(24)31-21-11-26(30-13-19(21)12-29)33-28(38)35-8-3-4-17-10-18(22(15-36)32-27(17)35)14-34-9-7-25(40-2)23(34)16-37/h10-11,13,15,20,24-25H,3-9,14H2,1-2H3,(H2,30,31,33,38)/t20-,24+,25+/m0/s1. The third kappa shape index (κ3) is 5.27. The van der Waals surface area contributed by atoms with Crippen molar-refractivity contribution < 1.29 is 23.9 Å². The van der Waals surface area contributed by atoms with E-state index in [1.54, 1.807) is 20.3 Å². The average Bonchev–Trinajstić information content (AvgIpc) is 3.36. The van der Waals surface area contributed by atoms with Crippen LogP contribution in [0.5, 0.6) is 0 Å². The molecule has 12 heteroatoms. The molecule has 0 radical (unpaired) electrons. The highest BCUT2D eigenvalue weighted by Crippen LogP contribution is 2.32. The number of hydrogen-bond acceptors (Lipinski definition) is 10. The van der Waals surface area contributed by atoms with Gasteiger partial charge in [0.05, 0.1) is 23.4 Å². The van der Waals surface area contributed by atoms with E-state index in [2.05, 4.69) is 26.7 Å². The summed E-state index contributed by atoms with van der Waals surface area (Å²) in [5.74, 6) is 2.68. The number of fused-ring (bicyclic) bond motifs is 1. The first kappa shape index (κ1) is 27.3. The molecule has 3 aliphatic rings. The van der Waals surface area contributed by atoms with Crippen LogP contribution >= 0.6 is 0 Å². The lowest BCUT2D eigenvalue weighted by molar-refractivity contribution is 0.0286. The molecule has 3 atom stereocenters. The van der Waals surface area contributed by atoms with Gasteiger partial charge in [-0.2, -0.15) is 5.26 Å². The van der Waals surface area contributed by atoms with Gasteiger partial charge in [0.2, 0.25) is 0 Å². The Balaban J connectivity index is 1.35. The van der Waals surface area contributed by atoms with Crippen molar-refractivity contribution in [2.45, 2.75) is 56.9 Å². The van der Waals surface area contributed by atoms with E-state index in [9.17, 15) is 19.6 Å². The van der Waals surface area contributed by atoms with Crippen molar-refractivity contribution in [3.05, 3.63) is 46.4 Å². The largest absolute Gasteiger partial charge is 0.379 e. The number of carbonyl (C=O) groups excluding carboxylic acids is 3.